The highest BCUT2D eigenvalue weighted by Crippen LogP contribution is 2.56. The molecule has 284 valence electrons. The summed E-state index contributed by atoms with van der Waals surface area (Å²) >= 11 is 0. The zero-order chi connectivity index (χ0) is 37.4. The van der Waals surface area contributed by atoms with Gasteiger partial charge in [0, 0.05) is 33.9 Å². The van der Waals surface area contributed by atoms with E-state index < -0.39 is 0 Å². The highest BCUT2D eigenvalue weighted by Gasteiger charge is 2.42. The van der Waals surface area contributed by atoms with Crippen LogP contribution in [0.25, 0.3) is 11.1 Å². The first-order valence-corrected chi connectivity index (χ1v) is 21.7. The van der Waals surface area contributed by atoms with Crippen LogP contribution in [-0.4, -0.2) is 0 Å². The second-order valence-corrected chi connectivity index (χ2v) is 16.0. The molecule has 0 unspecified atom stereocenters. The summed E-state index contributed by atoms with van der Waals surface area (Å²) in [6.45, 7) is 6.92. The van der Waals surface area contributed by atoms with Gasteiger partial charge in [0.2, 0.25) is 0 Å². The Morgan fingerprint density at radius 1 is 0.426 bits per heavy atom. The molecule has 0 radical (unpaired) electrons. The number of benzene rings is 5. The van der Waals surface area contributed by atoms with Crippen LogP contribution >= 0.6 is 0 Å². The average Bonchev–Trinajstić information content (AvgIpc) is 3.46. The summed E-state index contributed by atoms with van der Waals surface area (Å²) in [5.74, 6) is 0. The molecular weight excluding hydrogens is 653 g/mol. The summed E-state index contributed by atoms with van der Waals surface area (Å²) in [7, 11) is 0. The third-order valence-electron chi connectivity index (χ3n) is 11.9. The van der Waals surface area contributed by atoms with Crippen LogP contribution in [0.1, 0.15) is 146 Å². The van der Waals surface area contributed by atoms with Gasteiger partial charge >= 0.3 is 0 Å². The second-order valence-electron chi connectivity index (χ2n) is 16.0. The van der Waals surface area contributed by atoms with Crippen LogP contribution in [0.3, 0.4) is 0 Å². The van der Waals surface area contributed by atoms with Gasteiger partial charge in [0.05, 0.1) is 0 Å². The highest BCUT2D eigenvalue weighted by molar-refractivity contribution is 5.86. The van der Waals surface area contributed by atoms with Gasteiger partial charge in [-0.05, 0) is 103 Å². The van der Waals surface area contributed by atoms with Gasteiger partial charge in [-0.1, -0.05) is 183 Å². The molecule has 1 aliphatic rings. The summed E-state index contributed by atoms with van der Waals surface area (Å²) in [5, 5.41) is 3.57. The average molecular weight is 719 g/mol. The molecule has 5 aromatic carbocycles. The molecule has 0 aromatic heterocycles. The lowest BCUT2D eigenvalue weighted by molar-refractivity contribution is 0.397. The van der Waals surface area contributed by atoms with Crippen LogP contribution in [0, 0.1) is 6.92 Å². The van der Waals surface area contributed by atoms with Gasteiger partial charge in [-0.3, -0.25) is 0 Å². The molecule has 0 atom stereocenters. The number of rotatable bonds is 23. The molecule has 0 spiro atoms. The van der Waals surface area contributed by atoms with Crippen LogP contribution in [0.2, 0.25) is 0 Å². The molecule has 1 N–H and O–H groups in total. The van der Waals surface area contributed by atoms with Crippen molar-refractivity contribution in [1.82, 2.24) is 0 Å². The molecule has 0 bridgehead atoms. The lowest BCUT2D eigenvalue weighted by Crippen LogP contribution is -2.26. The minimum Gasteiger partial charge on any atom is -0.356 e. The molecular formula is C52H66N2. The zero-order valence-electron chi connectivity index (χ0n) is 33.7. The summed E-state index contributed by atoms with van der Waals surface area (Å²) in [5.41, 5.74) is 13.3. The lowest BCUT2D eigenvalue weighted by Gasteiger charge is -2.34. The van der Waals surface area contributed by atoms with Gasteiger partial charge in [-0.15, -0.1) is 0 Å². The molecule has 5 aromatic rings. The topological polar surface area (TPSA) is 15.3 Å². The Bertz CT molecular complexity index is 1800. The maximum Gasteiger partial charge on any atom is 0.0465 e. The van der Waals surface area contributed by atoms with Crippen molar-refractivity contribution in [3.05, 3.63) is 138 Å². The van der Waals surface area contributed by atoms with Gasteiger partial charge in [-0.2, -0.15) is 0 Å². The fourth-order valence-electron chi connectivity index (χ4n) is 8.93. The predicted octanol–water partition coefficient (Wildman–Crippen LogP) is 16.5. The van der Waals surface area contributed by atoms with Crippen molar-refractivity contribution in [2.24, 2.45) is 0 Å². The van der Waals surface area contributed by atoms with E-state index in [1.807, 2.05) is 0 Å². The van der Waals surface area contributed by atoms with Crippen LogP contribution in [0.5, 0.6) is 0 Å². The smallest absolute Gasteiger partial charge is 0.0465 e. The maximum absolute atomic E-state index is 3.57. The van der Waals surface area contributed by atoms with E-state index in [1.54, 1.807) is 11.1 Å². The number of para-hydroxylation sites is 2. The Kier molecular flexibility index (Phi) is 14.9. The van der Waals surface area contributed by atoms with Crippen molar-refractivity contribution in [3.63, 3.8) is 0 Å². The van der Waals surface area contributed by atoms with Crippen molar-refractivity contribution in [2.45, 2.75) is 142 Å². The normalized spacial score (nSPS) is 12.7. The Balaban J connectivity index is 1.33. The van der Waals surface area contributed by atoms with Gasteiger partial charge in [0.25, 0.3) is 0 Å². The van der Waals surface area contributed by atoms with Crippen molar-refractivity contribution in [2.75, 3.05) is 10.2 Å². The van der Waals surface area contributed by atoms with E-state index in [4.69, 9.17) is 0 Å². The Morgan fingerprint density at radius 2 is 0.870 bits per heavy atom. The number of nitrogens with zero attached hydrogens (tertiary/aromatic N) is 1. The van der Waals surface area contributed by atoms with Crippen LogP contribution < -0.4 is 10.2 Å². The number of anilines is 5. The van der Waals surface area contributed by atoms with Gasteiger partial charge in [-0.25, -0.2) is 0 Å². The van der Waals surface area contributed by atoms with E-state index in [9.17, 15) is 0 Å². The maximum atomic E-state index is 3.57. The van der Waals surface area contributed by atoms with Crippen LogP contribution in [0.4, 0.5) is 28.4 Å². The molecule has 2 heteroatoms. The van der Waals surface area contributed by atoms with E-state index in [1.165, 1.54) is 149 Å². The first kappa shape index (κ1) is 39.4. The molecule has 54 heavy (non-hydrogen) atoms. The minimum atomic E-state index is 0.0446. The van der Waals surface area contributed by atoms with Crippen molar-refractivity contribution >= 4 is 28.4 Å². The third kappa shape index (κ3) is 10.1. The first-order valence-electron chi connectivity index (χ1n) is 21.7. The van der Waals surface area contributed by atoms with E-state index >= 15 is 0 Å². The monoisotopic (exact) mass is 719 g/mol. The molecule has 0 aliphatic heterocycles. The molecule has 1 aliphatic carbocycles. The van der Waals surface area contributed by atoms with E-state index in [0.29, 0.717) is 0 Å². The van der Waals surface area contributed by atoms with Crippen molar-refractivity contribution in [3.8, 4) is 11.1 Å². The number of fused-ring (bicyclic) bond motifs is 3. The minimum absolute atomic E-state index is 0.0446. The number of aryl methyl sites for hydroxylation is 1. The summed E-state index contributed by atoms with van der Waals surface area (Å²) < 4.78 is 0. The first-order chi connectivity index (χ1) is 26.6. The van der Waals surface area contributed by atoms with E-state index in [2.05, 4.69) is 152 Å². The Labute approximate surface area is 328 Å². The molecule has 0 saturated carbocycles. The predicted molar refractivity (Wildman–Crippen MR) is 236 cm³/mol. The molecule has 0 saturated heterocycles. The van der Waals surface area contributed by atoms with Gasteiger partial charge in [0.1, 0.15) is 0 Å². The van der Waals surface area contributed by atoms with Gasteiger partial charge < -0.3 is 10.2 Å². The molecule has 0 heterocycles. The van der Waals surface area contributed by atoms with Crippen molar-refractivity contribution < 1.29 is 0 Å². The van der Waals surface area contributed by atoms with E-state index in [-0.39, 0.29) is 5.41 Å². The molecule has 0 amide bonds. The Hall–Kier alpha value is -4.30. The number of hydrogen-bond donors (Lipinski definition) is 1. The largest absolute Gasteiger partial charge is 0.356 e. The fraction of sp³-hybridized carbons (Fsp3) is 0.423. The Morgan fingerprint density at radius 3 is 1.44 bits per heavy atom. The van der Waals surface area contributed by atoms with Crippen LogP contribution in [0.15, 0.2) is 121 Å². The van der Waals surface area contributed by atoms with E-state index in [0.717, 1.165) is 11.4 Å². The molecule has 6 rings (SSSR count). The highest BCUT2D eigenvalue weighted by atomic mass is 15.1. The number of nitrogens with one attached hydrogen (secondary N) is 1. The summed E-state index contributed by atoms with van der Waals surface area (Å²) in [4.78, 5) is 2.46. The molecule has 0 fully saturated rings. The lowest BCUT2D eigenvalue weighted by atomic mass is 9.70. The molecule has 2 nitrogen and oxygen atoms in total. The van der Waals surface area contributed by atoms with Gasteiger partial charge in [0.15, 0.2) is 0 Å². The quantitative estimate of drug-likeness (QED) is 0.0677. The van der Waals surface area contributed by atoms with Crippen LogP contribution in [-0.2, 0) is 5.41 Å². The second kappa shape index (κ2) is 20.4. The standard InChI is InChI=1S/C52H66N2/c1-4-6-8-10-12-14-16-24-38-52(39-25-17-15-13-11-9-7-5-2)50-40-42(3)30-36-48(50)49-37-35-47(41-51(49)52)54(45-28-22-19-23-29-45)46-33-31-44(32-34-46)53-43-26-20-18-21-27-43/h18-23,26-37,40-41,53H,4-17,24-25,38-39H2,1-3H3. The number of hydrogen-bond acceptors (Lipinski definition) is 2. The number of unbranched alkanes of at least 4 members (excludes halogenated alkanes) is 14. The third-order valence-corrected chi connectivity index (χ3v) is 11.9. The fourth-order valence-corrected chi connectivity index (χ4v) is 8.93. The summed E-state index contributed by atoms with van der Waals surface area (Å²) in [6, 6.07) is 45.0. The van der Waals surface area contributed by atoms with Crippen molar-refractivity contribution in [1.29, 1.82) is 0 Å². The SMILES string of the molecule is CCCCCCCCCCC1(CCCCCCCCCC)c2cc(C)ccc2-c2ccc(N(c3ccccc3)c3ccc(Nc4ccccc4)cc3)cc21. The zero-order valence-corrected chi connectivity index (χ0v) is 33.7. The summed E-state index contributed by atoms with van der Waals surface area (Å²) in [6.07, 6.45) is 24.2.